The van der Waals surface area contributed by atoms with E-state index in [4.69, 9.17) is 14.2 Å². The Balaban J connectivity index is 1.53. The first-order valence-corrected chi connectivity index (χ1v) is 8.72. The van der Waals surface area contributed by atoms with Gasteiger partial charge in [0.2, 0.25) is 0 Å². The van der Waals surface area contributed by atoms with Crippen molar-refractivity contribution in [3.05, 3.63) is 0 Å². The highest BCUT2D eigenvalue weighted by atomic mass is 16.7. The van der Waals surface area contributed by atoms with Gasteiger partial charge in [-0.15, -0.1) is 0 Å². The van der Waals surface area contributed by atoms with Crippen molar-refractivity contribution in [1.82, 2.24) is 5.32 Å². The van der Waals surface area contributed by atoms with Crippen LogP contribution in [-0.4, -0.2) is 43.8 Å². The molecule has 3 atom stereocenters. The van der Waals surface area contributed by atoms with E-state index in [1.807, 2.05) is 13.8 Å². The Kier molecular flexibility index (Phi) is 4.60. The summed E-state index contributed by atoms with van der Waals surface area (Å²) in [5, 5.41) is 3.76. The second kappa shape index (κ2) is 6.15. The minimum Gasteiger partial charge on any atom is -0.378 e. The average molecular weight is 297 g/mol. The molecule has 3 rings (SSSR count). The smallest absolute Gasteiger partial charge is 0.163 e. The van der Waals surface area contributed by atoms with Gasteiger partial charge in [0.05, 0.1) is 18.8 Å². The zero-order chi connectivity index (χ0) is 14.9. The fourth-order valence-electron chi connectivity index (χ4n) is 4.49. The van der Waals surface area contributed by atoms with Gasteiger partial charge in [-0.1, -0.05) is 19.3 Å². The summed E-state index contributed by atoms with van der Waals surface area (Å²) >= 11 is 0. The molecular weight excluding hydrogens is 266 g/mol. The molecule has 3 unspecified atom stereocenters. The van der Waals surface area contributed by atoms with Crippen molar-refractivity contribution in [3.63, 3.8) is 0 Å². The van der Waals surface area contributed by atoms with Gasteiger partial charge in [-0.05, 0) is 40.0 Å². The summed E-state index contributed by atoms with van der Waals surface area (Å²) < 4.78 is 17.6. The lowest BCUT2D eigenvalue weighted by molar-refractivity contribution is -0.155. The molecule has 4 nitrogen and oxygen atoms in total. The molecule has 3 aliphatic rings. The van der Waals surface area contributed by atoms with E-state index in [-0.39, 0.29) is 6.10 Å². The first kappa shape index (κ1) is 15.7. The molecule has 0 bridgehead atoms. The summed E-state index contributed by atoms with van der Waals surface area (Å²) in [5.74, 6) is -0.414. The van der Waals surface area contributed by atoms with Crippen LogP contribution in [0.25, 0.3) is 0 Å². The summed E-state index contributed by atoms with van der Waals surface area (Å²) in [6.07, 6.45) is 8.57. The van der Waals surface area contributed by atoms with Crippen LogP contribution in [-0.2, 0) is 14.2 Å². The molecule has 0 radical (unpaired) electrons. The van der Waals surface area contributed by atoms with E-state index in [0.29, 0.717) is 24.2 Å². The fraction of sp³-hybridized carbons (Fsp3) is 1.00. The highest BCUT2D eigenvalue weighted by Crippen LogP contribution is 2.53. The van der Waals surface area contributed by atoms with E-state index in [0.717, 1.165) is 19.6 Å². The quantitative estimate of drug-likeness (QED) is 0.847. The third-order valence-electron chi connectivity index (χ3n) is 5.60. The summed E-state index contributed by atoms with van der Waals surface area (Å²) in [5.41, 5.74) is 0.392. The number of ether oxygens (including phenoxy) is 3. The first-order chi connectivity index (χ1) is 10.1. The topological polar surface area (TPSA) is 39.7 Å². The van der Waals surface area contributed by atoms with Crippen LogP contribution in [0.1, 0.15) is 59.3 Å². The Labute approximate surface area is 128 Å². The largest absolute Gasteiger partial charge is 0.378 e. The van der Waals surface area contributed by atoms with Crippen molar-refractivity contribution in [1.29, 1.82) is 0 Å². The molecule has 1 saturated heterocycles. The number of rotatable bonds is 5. The summed E-state index contributed by atoms with van der Waals surface area (Å²) in [4.78, 5) is 0. The monoisotopic (exact) mass is 297 g/mol. The molecule has 2 saturated carbocycles. The highest BCUT2D eigenvalue weighted by Gasteiger charge is 2.55. The van der Waals surface area contributed by atoms with Crippen LogP contribution < -0.4 is 5.32 Å². The number of nitrogens with one attached hydrogen (secondary N) is 1. The van der Waals surface area contributed by atoms with Gasteiger partial charge in [-0.3, -0.25) is 0 Å². The molecule has 1 spiro atoms. The van der Waals surface area contributed by atoms with Gasteiger partial charge in [0.1, 0.15) is 0 Å². The van der Waals surface area contributed by atoms with Crippen molar-refractivity contribution in [2.45, 2.75) is 83.3 Å². The van der Waals surface area contributed by atoms with Crippen LogP contribution in [0.3, 0.4) is 0 Å². The van der Waals surface area contributed by atoms with Gasteiger partial charge in [0.15, 0.2) is 5.79 Å². The van der Waals surface area contributed by atoms with Gasteiger partial charge < -0.3 is 19.5 Å². The molecule has 1 aliphatic heterocycles. The Morgan fingerprint density at radius 2 is 1.95 bits per heavy atom. The number of hydrogen-bond acceptors (Lipinski definition) is 4. The lowest BCUT2D eigenvalue weighted by Gasteiger charge is -2.58. The maximum atomic E-state index is 6.01. The average Bonchev–Trinajstić information content (AvgIpc) is 2.82. The standard InChI is InChI=1S/C17H31NO3/c1-4-19-15-10-14(17(15)8-6-5-7-9-17)18-11-13-12-20-16(2,3)21-13/h13-15,18H,4-12H2,1-3H3. The van der Waals surface area contributed by atoms with Crippen molar-refractivity contribution >= 4 is 0 Å². The van der Waals surface area contributed by atoms with Crippen LogP contribution in [0.15, 0.2) is 0 Å². The lowest BCUT2D eigenvalue weighted by atomic mass is 9.55. The van der Waals surface area contributed by atoms with E-state index in [1.54, 1.807) is 0 Å². The van der Waals surface area contributed by atoms with Gasteiger partial charge in [0.25, 0.3) is 0 Å². The molecule has 2 aliphatic carbocycles. The number of hydrogen-bond donors (Lipinski definition) is 1. The second-order valence-corrected chi connectivity index (χ2v) is 7.39. The minimum absolute atomic E-state index is 0.187. The Bertz CT molecular complexity index is 352. The predicted molar refractivity (Wildman–Crippen MR) is 82.2 cm³/mol. The minimum atomic E-state index is -0.414. The summed E-state index contributed by atoms with van der Waals surface area (Å²) in [7, 11) is 0. The van der Waals surface area contributed by atoms with Crippen molar-refractivity contribution < 1.29 is 14.2 Å². The molecule has 122 valence electrons. The normalized spacial score (nSPS) is 37.6. The van der Waals surface area contributed by atoms with E-state index in [2.05, 4.69) is 12.2 Å². The van der Waals surface area contributed by atoms with Gasteiger partial charge >= 0.3 is 0 Å². The van der Waals surface area contributed by atoms with E-state index < -0.39 is 5.79 Å². The van der Waals surface area contributed by atoms with Gasteiger partial charge in [0, 0.05) is 24.6 Å². The van der Waals surface area contributed by atoms with Crippen LogP contribution in [0.4, 0.5) is 0 Å². The van der Waals surface area contributed by atoms with E-state index in [1.165, 1.54) is 32.1 Å². The highest BCUT2D eigenvalue weighted by molar-refractivity contribution is 5.09. The molecule has 4 heteroatoms. The first-order valence-electron chi connectivity index (χ1n) is 8.72. The summed E-state index contributed by atoms with van der Waals surface area (Å²) in [6.45, 7) is 8.54. The lowest BCUT2D eigenvalue weighted by Crippen LogP contribution is -2.65. The second-order valence-electron chi connectivity index (χ2n) is 7.39. The molecule has 21 heavy (non-hydrogen) atoms. The van der Waals surface area contributed by atoms with Gasteiger partial charge in [-0.25, -0.2) is 0 Å². The molecule has 0 amide bonds. The third-order valence-corrected chi connectivity index (χ3v) is 5.60. The molecule has 1 heterocycles. The van der Waals surface area contributed by atoms with Crippen LogP contribution in [0.5, 0.6) is 0 Å². The maximum absolute atomic E-state index is 6.01. The molecule has 0 aromatic heterocycles. The van der Waals surface area contributed by atoms with Crippen molar-refractivity contribution in [2.24, 2.45) is 5.41 Å². The molecular formula is C17H31NO3. The zero-order valence-electron chi connectivity index (χ0n) is 13.8. The van der Waals surface area contributed by atoms with Gasteiger partial charge in [-0.2, -0.15) is 0 Å². The van der Waals surface area contributed by atoms with E-state index >= 15 is 0 Å². The zero-order valence-corrected chi connectivity index (χ0v) is 13.8. The molecule has 3 fully saturated rings. The third kappa shape index (κ3) is 3.14. The predicted octanol–water partition coefficient (Wildman–Crippen LogP) is 2.86. The SMILES string of the molecule is CCOC1CC(NCC2COC(C)(C)O2)C12CCCCC2. The molecule has 0 aromatic rings. The summed E-state index contributed by atoms with van der Waals surface area (Å²) in [6, 6.07) is 0.599. The Morgan fingerprint density at radius 1 is 1.19 bits per heavy atom. The maximum Gasteiger partial charge on any atom is 0.163 e. The Morgan fingerprint density at radius 3 is 2.57 bits per heavy atom. The van der Waals surface area contributed by atoms with Crippen molar-refractivity contribution in [2.75, 3.05) is 19.8 Å². The molecule has 1 N–H and O–H groups in total. The Hall–Kier alpha value is -0.160. The van der Waals surface area contributed by atoms with Crippen LogP contribution in [0.2, 0.25) is 0 Å². The molecule has 0 aromatic carbocycles. The van der Waals surface area contributed by atoms with Crippen LogP contribution >= 0.6 is 0 Å². The van der Waals surface area contributed by atoms with Crippen LogP contribution in [0, 0.1) is 5.41 Å². The van der Waals surface area contributed by atoms with E-state index in [9.17, 15) is 0 Å². The van der Waals surface area contributed by atoms with Crippen molar-refractivity contribution in [3.8, 4) is 0 Å². The fourth-order valence-corrected chi connectivity index (χ4v) is 4.49.